The first-order valence-corrected chi connectivity index (χ1v) is 6.91. The van der Waals surface area contributed by atoms with E-state index in [0.717, 1.165) is 16.7 Å². The SMILES string of the molecule is O=C1c2ccccc2-c2c(-c3ccccc3)nnc(Cl)c21. The van der Waals surface area contributed by atoms with Crippen LogP contribution in [0.4, 0.5) is 0 Å². The maximum absolute atomic E-state index is 12.5. The Hall–Kier alpha value is -2.52. The first-order valence-electron chi connectivity index (χ1n) is 6.53. The van der Waals surface area contributed by atoms with E-state index in [9.17, 15) is 4.79 Å². The quantitative estimate of drug-likeness (QED) is 0.532. The summed E-state index contributed by atoms with van der Waals surface area (Å²) in [6.07, 6.45) is 0. The Morgan fingerprint density at radius 2 is 1.43 bits per heavy atom. The average molecular weight is 293 g/mol. The number of aromatic nitrogens is 2. The second kappa shape index (κ2) is 4.50. The summed E-state index contributed by atoms with van der Waals surface area (Å²) < 4.78 is 0. The number of nitrogens with zero attached hydrogens (tertiary/aromatic N) is 2. The van der Waals surface area contributed by atoms with Crippen molar-refractivity contribution in [3.05, 3.63) is 70.9 Å². The normalized spacial score (nSPS) is 12.1. The lowest BCUT2D eigenvalue weighted by atomic mass is 10.0. The summed E-state index contributed by atoms with van der Waals surface area (Å²) in [6.45, 7) is 0. The number of carbonyl (C=O) groups excluding carboxylic acids is 1. The second-order valence-corrected chi connectivity index (χ2v) is 5.19. The van der Waals surface area contributed by atoms with Gasteiger partial charge in [-0.3, -0.25) is 4.79 Å². The molecule has 3 aromatic rings. The monoisotopic (exact) mass is 292 g/mol. The lowest BCUT2D eigenvalue weighted by molar-refractivity contribution is 0.104. The van der Waals surface area contributed by atoms with E-state index in [1.807, 2.05) is 54.6 Å². The molecule has 0 amide bonds. The van der Waals surface area contributed by atoms with Crippen molar-refractivity contribution in [2.45, 2.75) is 0 Å². The number of benzene rings is 2. The molecule has 0 fully saturated rings. The summed E-state index contributed by atoms with van der Waals surface area (Å²) in [5, 5.41) is 8.33. The minimum atomic E-state index is -0.0855. The molecule has 4 rings (SSSR count). The van der Waals surface area contributed by atoms with Crippen LogP contribution in [0.2, 0.25) is 5.15 Å². The summed E-state index contributed by atoms with van der Waals surface area (Å²) in [7, 11) is 0. The van der Waals surface area contributed by atoms with Gasteiger partial charge in [0.25, 0.3) is 0 Å². The van der Waals surface area contributed by atoms with E-state index in [1.54, 1.807) is 0 Å². The van der Waals surface area contributed by atoms with Gasteiger partial charge in [0.15, 0.2) is 10.9 Å². The highest BCUT2D eigenvalue weighted by Gasteiger charge is 2.32. The number of hydrogen-bond donors (Lipinski definition) is 0. The van der Waals surface area contributed by atoms with Crippen molar-refractivity contribution in [2.24, 2.45) is 0 Å². The van der Waals surface area contributed by atoms with Crippen molar-refractivity contribution in [1.82, 2.24) is 10.2 Å². The predicted molar refractivity (Wildman–Crippen MR) is 81.3 cm³/mol. The van der Waals surface area contributed by atoms with Gasteiger partial charge in [-0.2, -0.15) is 0 Å². The molecular formula is C17H9ClN2O. The van der Waals surface area contributed by atoms with Crippen molar-refractivity contribution in [3.8, 4) is 22.4 Å². The summed E-state index contributed by atoms with van der Waals surface area (Å²) >= 11 is 6.12. The molecule has 3 nitrogen and oxygen atoms in total. The van der Waals surface area contributed by atoms with Crippen LogP contribution < -0.4 is 0 Å². The third-order valence-electron chi connectivity index (χ3n) is 3.65. The Labute approximate surface area is 126 Å². The highest BCUT2D eigenvalue weighted by molar-refractivity contribution is 6.37. The van der Waals surface area contributed by atoms with E-state index in [0.29, 0.717) is 16.8 Å². The van der Waals surface area contributed by atoms with E-state index in [1.165, 1.54) is 0 Å². The fourth-order valence-corrected chi connectivity index (χ4v) is 2.93. The summed E-state index contributed by atoms with van der Waals surface area (Å²) in [5.41, 5.74) is 4.36. The van der Waals surface area contributed by atoms with Crippen LogP contribution in [0.1, 0.15) is 15.9 Å². The van der Waals surface area contributed by atoms with E-state index in [4.69, 9.17) is 11.6 Å². The molecule has 0 atom stereocenters. The zero-order valence-corrected chi connectivity index (χ0v) is 11.6. The van der Waals surface area contributed by atoms with E-state index in [-0.39, 0.29) is 10.9 Å². The van der Waals surface area contributed by atoms with Crippen molar-refractivity contribution < 1.29 is 4.79 Å². The highest BCUT2D eigenvalue weighted by Crippen LogP contribution is 2.43. The summed E-state index contributed by atoms with van der Waals surface area (Å²) in [6, 6.07) is 17.2. The van der Waals surface area contributed by atoms with Crippen LogP contribution in [-0.2, 0) is 0 Å². The lowest BCUT2D eigenvalue weighted by Gasteiger charge is -2.08. The molecule has 0 saturated carbocycles. The maximum atomic E-state index is 12.5. The maximum Gasteiger partial charge on any atom is 0.197 e. The van der Waals surface area contributed by atoms with Crippen molar-refractivity contribution in [3.63, 3.8) is 0 Å². The van der Waals surface area contributed by atoms with Gasteiger partial charge in [-0.25, -0.2) is 0 Å². The molecular weight excluding hydrogens is 284 g/mol. The van der Waals surface area contributed by atoms with Crippen LogP contribution in [-0.4, -0.2) is 16.0 Å². The van der Waals surface area contributed by atoms with Crippen LogP contribution in [0.5, 0.6) is 0 Å². The Balaban J connectivity index is 2.10. The number of ketones is 1. The number of halogens is 1. The van der Waals surface area contributed by atoms with Crippen LogP contribution in [0.25, 0.3) is 22.4 Å². The molecule has 0 aliphatic heterocycles. The third-order valence-corrected chi connectivity index (χ3v) is 3.91. The van der Waals surface area contributed by atoms with E-state index in [2.05, 4.69) is 10.2 Å². The van der Waals surface area contributed by atoms with Crippen LogP contribution in [0.3, 0.4) is 0 Å². The average Bonchev–Trinajstić information content (AvgIpc) is 2.84. The molecule has 0 saturated heterocycles. The van der Waals surface area contributed by atoms with Gasteiger partial charge in [0, 0.05) is 16.7 Å². The lowest BCUT2D eigenvalue weighted by Crippen LogP contribution is -2.00. The van der Waals surface area contributed by atoms with Gasteiger partial charge in [-0.05, 0) is 5.56 Å². The smallest absolute Gasteiger partial charge is 0.197 e. The first kappa shape index (κ1) is 12.2. The van der Waals surface area contributed by atoms with Gasteiger partial charge in [-0.1, -0.05) is 66.2 Å². The molecule has 0 bridgehead atoms. The van der Waals surface area contributed by atoms with E-state index < -0.39 is 0 Å². The zero-order chi connectivity index (χ0) is 14.4. The third kappa shape index (κ3) is 1.71. The van der Waals surface area contributed by atoms with Gasteiger partial charge in [0.2, 0.25) is 0 Å². The van der Waals surface area contributed by atoms with Crippen molar-refractivity contribution in [1.29, 1.82) is 0 Å². The van der Waals surface area contributed by atoms with Crippen LogP contribution in [0, 0.1) is 0 Å². The summed E-state index contributed by atoms with van der Waals surface area (Å²) in [5.74, 6) is -0.0855. The predicted octanol–water partition coefficient (Wildman–Crippen LogP) is 4.01. The minimum absolute atomic E-state index is 0.0855. The van der Waals surface area contributed by atoms with Crippen LogP contribution in [0.15, 0.2) is 54.6 Å². The fourth-order valence-electron chi connectivity index (χ4n) is 2.72. The molecule has 0 unspecified atom stereocenters. The molecule has 0 N–H and O–H groups in total. The van der Waals surface area contributed by atoms with Gasteiger partial charge >= 0.3 is 0 Å². The number of fused-ring (bicyclic) bond motifs is 3. The Bertz CT molecular complexity index is 875. The second-order valence-electron chi connectivity index (χ2n) is 4.83. The van der Waals surface area contributed by atoms with Gasteiger partial charge < -0.3 is 0 Å². The molecule has 0 radical (unpaired) electrons. The molecule has 21 heavy (non-hydrogen) atoms. The van der Waals surface area contributed by atoms with Gasteiger partial charge in [0.05, 0.1) is 5.56 Å². The standard InChI is InChI=1S/C17H9ClN2O/c18-17-14-13(11-8-4-5-9-12(11)16(14)21)15(19-20-17)10-6-2-1-3-7-10/h1-9H. The Kier molecular flexibility index (Phi) is 2.62. The fraction of sp³-hybridized carbons (Fsp3) is 0. The molecule has 1 heterocycles. The Morgan fingerprint density at radius 1 is 0.762 bits per heavy atom. The molecule has 2 aromatic carbocycles. The minimum Gasteiger partial charge on any atom is -0.288 e. The number of rotatable bonds is 1. The molecule has 4 heteroatoms. The first-order chi connectivity index (χ1) is 10.3. The number of hydrogen-bond acceptors (Lipinski definition) is 3. The zero-order valence-electron chi connectivity index (χ0n) is 10.9. The topological polar surface area (TPSA) is 42.9 Å². The molecule has 0 spiro atoms. The Morgan fingerprint density at radius 3 is 2.19 bits per heavy atom. The van der Waals surface area contributed by atoms with Gasteiger partial charge in [0.1, 0.15) is 5.69 Å². The number of carbonyl (C=O) groups is 1. The molecule has 100 valence electrons. The highest BCUT2D eigenvalue weighted by atomic mass is 35.5. The molecule has 1 aliphatic rings. The van der Waals surface area contributed by atoms with Gasteiger partial charge in [-0.15, -0.1) is 10.2 Å². The summed E-state index contributed by atoms with van der Waals surface area (Å²) in [4.78, 5) is 12.5. The van der Waals surface area contributed by atoms with Crippen molar-refractivity contribution in [2.75, 3.05) is 0 Å². The largest absolute Gasteiger partial charge is 0.288 e. The van der Waals surface area contributed by atoms with Crippen molar-refractivity contribution >= 4 is 17.4 Å². The van der Waals surface area contributed by atoms with Crippen LogP contribution >= 0.6 is 11.6 Å². The molecule has 1 aromatic heterocycles. The molecule has 1 aliphatic carbocycles. The van der Waals surface area contributed by atoms with E-state index >= 15 is 0 Å².